The molecule has 1 fully saturated rings. The molecule has 90 valence electrons. The van der Waals surface area contributed by atoms with Crippen molar-refractivity contribution in [1.29, 1.82) is 0 Å². The molecule has 0 amide bonds. The van der Waals surface area contributed by atoms with Crippen LogP contribution in [0.15, 0.2) is 0 Å². The zero-order valence-corrected chi connectivity index (χ0v) is 11.2. The summed E-state index contributed by atoms with van der Waals surface area (Å²) in [4.78, 5) is 5.92. The lowest BCUT2D eigenvalue weighted by atomic mass is 9.89. The number of nitrogens with one attached hydrogen (secondary N) is 1. The Morgan fingerprint density at radius 2 is 2.00 bits per heavy atom. The summed E-state index contributed by atoms with van der Waals surface area (Å²) in [5.41, 5.74) is 1.25. The first kappa shape index (κ1) is 12.1. The molecular formula is C13H22N2S. The van der Waals surface area contributed by atoms with Gasteiger partial charge >= 0.3 is 0 Å². The number of hydrogen-bond acceptors (Lipinski definition) is 3. The third-order valence-electron chi connectivity index (χ3n) is 3.45. The molecule has 1 aliphatic carbocycles. The monoisotopic (exact) mass is 238 g/mol. The Hall–Kier alpha value is -0.410. The summed E-state index contributed by atoms with van der Waals surface area (Å²) in [7, 11) is 0. The van der Waals surface area contributed by atoms with Gasteiger partial charge in [-0.2, -0.15) is 0 Å². The zero-order valence-electron chi connectivity index (χ0n) is 10.4. The van der Waals surface area contributed by atoms with Crippen LogP contribution in [0.1, 0.15) is 47.7 Å². The van der Waals surface area contributed by atoms with Crippen molar-refractivity contribution in [3.8, 4) is 0 Å². The van der Waals surface area contributed by atoms with E-state index in [2.05, 4.69) is 24.1 Å². The molecule has 1 aromatic rings. The van der Waals surface area contributed by atoms with Crippen molar-refractivity contribution in [3.05, 3.63) is 15.6 Å². The average Bonchev–Trinajstić information content (AvgIpc) is 2.59. The Kier molecular flexibility index (Phi) is 4.36. The highest BCUT2D eigenvalue weighted by molar-refractivity contribution is 7.11. The van der Waals surface area contributed by atoms with E-state index in [4.69, 9.17) is 0 Å². The van der Waals surface area contributed by atoms with E-state index in [0.717, 1.165) is 12.5 Å². The molecular weight excluding hydrogens is 216 g/mol. The third-order valence-corrected chi connectivity index (χ3v) is 4.38. The molecule has 3 heteroatoms. The minimum Gasteiger partial charge on any atom is -0.311 e. The summed E-state index contributed by atoms with van der Waals surface area (Å²) >= 11 is 1.80. The van der Waals surface area contributed by atoms with Crippen LogP contribution in [0.4, 0.5) is 0 Å². The zero-order chi connectivity index (χ0) is 11.4. The molecule has 1 heterocycles. The fraction of sp³-hybridized carbons (Fsp3) is 0.769. The minimum atomic E-state index is 0.911. The van der Waals surface area contributed by atoms with E-state index >= 15 is 0 Å². The van der Waals surface area contributed by atoms with E-state index in [0.29, 0.717) is 0 Å². The topological polar surface area (TPSA) is 24.9 Å². The number of thiazole rings is 1. The largest absolute Gasteiger partial charge is 0.311 e. The van der Waals surface area contributed by atoms with Gasteiger partial charge in [-0.15, -0.1) is 11.3 Å². The Morgan fingerprint density at radius 1 is 1.25 bits per heavy atom. The maximum atomic E-state index is 4.55. The highest BCUT2D eigenvalue weighted by atomic mass is 32.1. The van der Waals surface area contributed by atoms with E-state index in [1.807, 2.05) is 0 Å². The van der Waals surface area contributed by atoms with Crippen LogP contribution in [0.5, 0.6) is 0 Å². The van der Waals surface area contributed by atoms with Crippen molar-refractivity contribution in [2.45, 2.75) is 52.5 Å². The Morgan fingerprint density at radius 3 is 2.62 bits per heavy atom. The van der Waals surface area contributed by atoms with Crippen molar-refractivity contribution in [1.82, 2.24) is 10.3 Å². The summed E-state index contributed by atoms with van der Waals surface area (Å²) < 4.78 is 0. The van der Waals surface area contributed by atoms with Gasteiger partial charge in [-0.25, -0.2) is 4.98 Å². The third kappa shape index (κ3) is 3.29. The summed E-state index contributed by atoms with van der Waals surface area (Å²) in [6, 6.07) is 0. The number of aryl methyl sites for hydroxylation is 2. The molecule has 0 saturated heterocycles. The molecule has 16 heavy (non-hydrogen) atoms. The van der Waals surface area contributed by atoms with Gasteiger partial charge in [-0.3, -0.25) is 0 Å². The predicted molar refractivity (Wildman–Crippen MR) is 69.9 cm³/mol. The molecule has 1 aromatic heterocycles. The molecule has 1 N–H and O–H groups in total. The molecule has 0 bridgehead atoms. The van der Waals surface area contributed by atoms with E-state index in [9.17, 15) is 0 Å². The number of nitrogens with zero attached hydrogens (tertiary/aromatic N) is 1. The Balaban J connectivity index is 1.73. The maximum absolute atomic E-state index is 4.55. The smallest absolute Gasteiger partial charge is 0.0900 e. The van der Waals surface area contributed by atoms with Crippen LogP contribution in [0.2, 0.25) is 0 Å². The summed E-state index contributed by atoms with van der Waals surface area (Å²) in [5.74, 6) is 0.911. The van der Waals surface area contributed by atoms with Gasteiger partial charge in [-0.05, 0) is 39.2 Å². The second kappa shape index (κ2) is 5.78. The Bertz CT molecular complexity index is 327. The summed E-state index contributed by atoms with van der Waals surface area (Å²) in [6.45, 7) is 6.38. The van der Waals surface area contributed by atoms with E-state index in [1.165, 1.54) is 54.2 Å². The van der Waals surface area contributed by atoms with Gasteiger partial charge in [0.1, 0.15) is 0 Å². The minimum absolute atomic E-state index is 0.911. The molecule has 0 atom stereocenters. The number of aromatic nitrogens is 1. The second-order valence-electron chi connectivity index (χ2n) is 4.87. The van der Waals surface area contributed by atoms with Crippen LogP contribution in [-0.4, -0.2) is 11.5 Å². The molecule has 0 radical (unpaired) electrons. The molecule has 1 aliphatic rings. The quantitative estimate of drug-likeness (QED) is 0.869. The summed E-state index contributed by atoms with van der Waals surface area (Å²) in [5, 5.41) is 4.76. The number of hydrogen-bond donors (Lipinski definition) is 1. The van der Waals surface area contributed by atoms with Crippen LogP contribution in [0.3, 0.4) is 0 Å². The molecule has 0 aliphatic heterocycles. The van der Waals surface area contributed by atoms with Gasteiger partial charge in [0.25, 0.3) is 0 Å². The van der Waals surface area contributed by atoms with Gasteiger partial charge < -0.3 is 5.32 Å². The highest BCUT2D eigenvalue weighted by Crippen LogP contribution is 2.23. The van der Waals surface area contributed by atoms with Crippen LogP contribution in [0, 0.1) is 19.8 Å². The normalized spacial score (nSPS) is 17.9. The van der Waals surface area contributed by atoms with Crippen molar-refractivity contribution >= 4 is 11.3 Å². The number of rotatable bonds is 4. The van der Waals surface area contributed by atoms with Gasteiger partial charge in [0, 0.05) is 11.4 Å². The first-order valence-corrected chi connectivity index (χ1v) is 7.21. The van der Waals surface area contributed by atoms with E-state index in [-0.39, 0.29) is 0 Å². The second-order valence-corrected chi connectivity index (χ2v) is 6.28. The molecule has 2 nitrogen and oxygen atoms in total. The Labute approximate surface area is 102 Å². The molecule has 1 saturated carbocycles. The van der Waals surface area contributed by atoms with Crippen molar-refractivity contribution < 1.29 is 0 Å². The highest BCUT2D eigenvalue weighted by Gasteiger charge is 2.13. The van der Waals surface area contributed by atoms with Gasteiger partial charge in [0.2, 0.25) is 0 Å². The lowest BCUT2D eigenvalue weighted by Crippen LogP contribution is -2.24. The fourth-order valence-electron chi connectivity index (χ4n) is 2.52. The summed E-state index contributed by atoms with van der Waals surface area (Å²) in [6.07, 6.45) is 7.15. The van der Waals surface area contributed by atoms with Gasteiger partial charge in [-0.1, -0.05) is 19.3 Å². The first-order chi connectivity index (χ1) is 7.75. The maximum Gasteiger partial charge on any atom is 0.0900 e. The molecule has 2 rings (SSSR count). The SMILES string of the molecule is Cc1nc(CNCC2CCCCC2)c(C)s1. The lowest BCUT2D eigenvalue weighted by molar-refractivity contribution is 0.341. The van der Waals surface area contributed by atoms with Gasteiger partial charge in [0.15, 0.2) is 0 Å². The molecule has 0 aromatic carbocycles. The average molecular weight is 238 g/mol. The van der Waals surface area contributed by atoms with Crippen LogP contribution < -0.4 is 5.32 Å². The van der Waals surface area contributed by atoms with E-state index in [1.54, 1.807) is 11.3 Å². The van der Waals surface area contributed by atoms with Crippen LogP contribution >= 0.6 is 11.3 Å². The first-order valence-electron chi connectivity index (χ1n) is 6.39. The lowest BCUT2D eigenvalue weighted by Gasteiger charge is -2.21. The fourth-order valence-corrected chi connectivity index (χ4v) is 3.36. The van der Waals surface area contributed by atoms with Crippen LogP contribution in [-0.2, 0) is 6.54 Å². The van der Waals surface area contributed by atoms with Crippen molar-refractivity contribution in [2.75, 3.05) is 6.54 Å². The standard InChI is InChI=1S/C13H22N2S/c1-10-13(15-11(2)16-10)9-14-8-12-6-4-3-5-7-12/h12,14H,3-9H2,1-2H3. The van der Waals surface area contributed by atoms with Gasteiger partial charge in [0.05, 0.1) is 10.7 Å². The van der Waals surface area contributed by atoms with Crippen molar-refractivity contribution in [3.63, 3.8) is 0 Å². The van der Waals surface area contributed by atoms with Crippen molar-refractivity contribution in [2.24, 2.45) is 5.92 Å². The predicted octanol–water partition coefficient (Wildman–Crippen LogP) is 3.43. The molecule has 0 spiro atoms. The van der Waals surface area contributed by atoms with E-state index < -0.39 is 0 Å². The molecule has 0 unspecified atom stereocenters. The van der Waals surface area contributed by atoms with Crippen LogP contribution in [0.25, 0.3) is 0 Å².